The van der Waals surface area contributed by atoms with Gasteiger partial charge in [-0.25, -0.2) is 9.98 Å². The number of aryl methyl sites for hydroxylation is 1. The fraction of sp³-hybridized carbons (Fsp3) is 0.333. The number of aromatic amines is 2. The summed E-state index contributed by atoms with van der Waals surface area (Å²) in [4.78, 5) is 26.0. The normalized spacial score (nSPS) is 22.0. The number of carbonyl (C=O) groups is 1. The lowest BCUT2D eigenvalue weighted by molar-refractivity contribution is -0.124. The number of fused-ring (bicyclic) bond motifs is 3. The summed E-state index contributed by atoms with van der Waals surface area (Å²) in [5.41, 5.74) is 4.87. The van der Waals surface area contributed by atoms with Gasteiger partial charge in [-0.3, -0.25) is 9.89 Å². The molecule has 32 heavy (non-hydrogen) atoms. The molecule has 2 N–H and O–H groups in total. The number of furan rings is 1. The van der Waals surface area contributed by atoms with Crippen molar-refractivity contribution in [2.45, 2.75) is 49.8 Å². The molecule has 2 unspecified atom stereocenters. The monoisotopic (exact) mass is 445 g/mol. The zero-order chi connectivity index (χ0) is 22.0. The van der Waals surface area contributed by atoms with Gasteiger partial charge in [0.1, 0.15) is 11.5 Å². The first kappa shape index (κ1) is 19.5. The van der Waals surface area contributed by atoms with Crippen LogP contribution in [0.3, 0.4) is 0 Å². The highest BCUT2D eigenvalue weighted by molar-refractivity contribution is 7.99. The highest BCUT2D eigenvalue weighted by Crippen LogP contribution is 2.49. The quantitative estimate of drug-likeness (QED) is 0.430. The minimum absolute atomic E-state index is 0.0850. The maximum absolute atomic E-state index is 13.2. The van der Waals surface area contributed by atoms with Crippen molar-refractivity contribution in [2.75, 3.05) is 0 Å². The molecule has 1 aliphatic carbocycles. The van der Waals surface area contributed by atoms with Gasteiger partial charge >= 0.3 is 0 Å². The number of carbonyl (C=O) groups excluding carboxylic acids is 1. The first-order chi connectivity index (χ1) is 15.4. The van der Waals surface area contributed by atoms with E-state index >= 15 is 0 Å². The van der Waals surface area contributed by atoms with E-state index in [2.05, 4.69) is 53.1 Å². The van der Waals surface area contributed by atoms with Crippen LogP contribution in [-0.2, 0) is 4.79 Å². The molecule has 4 aromatic rings. The van der Waals surface area contributed by atoms with Crippen LogP contribution in [0.25, 0.3) is 11.0 Å². The van der Waals surface area contributed by atoms with Gasteiger partial charge in [0.05, 0.1) is 29.1 Å². The van der Waals surface area contributed by atoms with Crippen LogP contribution < -0.4 is 0 Å². The molecule has 1 aromatic carbocycles. The Labute approximate surface area is 189 Å². The van der Waals surface area contributed by atoms with Gasteiger partial charge < -0.3 is 9.40 Å². The third-order valence-electron chi connectivity index (χ3n) is 6.31. The van der Waals surface area contributed by atoms with Crippen LogP contribution in [0.1, 0.15) is 49.5 Å². The van der Waals surface area contributed by atoms with Crippen molar-refractivity contribution in [1.82, 2.24) is 20.2 Å². The predicted molar refractivity (Wildman–Crippen MR) is 123 cm³/mol. The number of aliphatic imine (C=N–C) groups is 1. The molecule has 0 spiro atoms. The van der Waals surface area contributed by atoms with Crippen molar-refractivity contribution in [3.8, 4) is 0 Å². The molecule has 1 saturated carbocycles. The second-order valence-corrected chi connectivity index (χ2v) is 10.5. The summed E-state index contributed by atoms with van der Waals surface area (Å²) in [6.07, 6.45) is 3.10. The smallest absolute Gasteiger partial charge is 0.174 e. The first-order valence-corrected chi connectivity index (χ1v) is 11.6. The van der Waals surface area contributed by atoms with Gasteiger partial charge in [0.2, 0.25) is 0 Å². The molecule has 3 aromatic heterocycles. The summed E-state index contributed by atoms with van der Waals surface area (Å²) >= 11 is 1.45. The topological polar surface area (TPSA) is 99.9 Å². The zero-order valence-electron chi connectivity index (χ0n) is 18.1. The minimum atomic E-state index is -0.300. The number of rotatable bonds is 3. The summed E-state index contributed by atoms with van der Waals surface area (Å²) in [7, 11) is 0. The lowest BCUT2D eigenvalue weighted by atomic mass is 9.65. The van der Waals surface area contributed by atoms with E-state index in [1.807, 2.05) is 18.2 Å². The maximum atomic E-state index is 13.2. The zero-order valence-corrected chi connectivity index (χ0v) is 18.9. The van der Waals surface area contributed by atoms with E-state index in [1.54, 1.807) is 6.20 Å². The summed E-state index contributed by atoms with van der Waals surface area (Å²) in [6.45, 7) is 6.31. The fourth-order valence-electron chi connectivity index (χ4n) is 4.96. The van der Waals surface area contributed by atoms with Crippen LogP contribution in [0.2, 0.25) is 0 Å². The number of aromatic nitrogens is 4. The van der Waals surface area contributed by atoms with Crippen LogP contribution in [0.15, 0.2) is 56.2 Å². The number of ketones is 1. The van der Waals surface area contributed by atoms with Crippen molar-refractivity contribution in [2.24, 2.45) is 16.3 Å². The Morgan fingerprint density at radius 3 is 2.91 bits per heavy atom. The third-order valence-corrected chi connectivity index (χ3v) is 7.12. The van der Waals surface area contributed by atoms with Crippen LogP contribution in [0.5, 0.6) is 0 Å². The molecule has 6 rings (SSSR count). The van der Waals surface area contributed by atoms with Gasteiger partial charge in [0, 0.05) is 17.7 Å². The highest BCUT2D eigenvalue weighted by Gasteiger charge is 2.47. The standard InChI is InChI=1S/C24H23N5O2S/c1-12-4-5-14-15(8-12)28-23(27-14)32-19-7-6-18(31-19)20-13-11-25-29-22(13)26-16-9-24(2,3)10-17(30)21(16)20/h4-8,11,20-21H,9-10H2,1-3H3,(H,25,29)(H,27,28). The number of hydrogen-bond donors (Lipinski definition) is 2. The molecule has 0 bridgehead atoms. The van der Waals surface area contributed by atoms with E-state index in [1.165, 1.54) is 17.3 Å². The molecule has 0 amide bonds. The fourth-order valence-corrected chi connectivity index (χ4v) is 5.73. The van der Waals surface area contributed by atoms with Crippen LogP contribution in [-0.4, -0.2) is 31.7 Å². The largest absolute Gasteiger partial charge is 0.454 e. The molecule has 4 heterocycles. The molecule has 1 fully saturated rings. The van der Waals surface area contributed by atoms with Crippen LogP contribution in [0.4, 0.5) is 5.82 Å². The molecule has 1 aliphatic heterocycles. The highest BCUT2D eigenvalue weighted by atomic mass is 32.2. The van der Waals surface area contributed by atoms with Gasteiger partial charge in [-0.15, -0.1) is 0 Å². The number of Topliss-reactive ketones (excluding diaryl/α,β-unsaturated/α-hetero) is 1. The van der Waals surface area contributed by atoms with Gasteiger partial charge in [0.25, 0.3) is 0 Å². The lowest BCUT2D eigenvalue weighted by Gasteiger charge is -2.39. The van der Waals surface area contributed by atoms with E-state index in [-0.39, 0.29) is 23.0 Å². The average molecular weight is 446 g/mol. The van der Waals surface area contributed by atoms with Crippen molar-refractivity contribution in [3.63, 3.8) is 0 Å². The number of H-pyrrole nitrogens is 2. The Bertz CT molecular complexity index is 1390. The Kier molecular flexibility index (Phi) is 4.24. The average Bonchev–Trinajstić information content (AvgIpc) is 3.44. The summed E-state index contributed by atoms with van der Waals surface area (Å²) in [5.74, 6) is 1.19. The Morgan fingerprint density at radius 1 is 1.16 bits per heavy atom. The summed E-state index contributed by atoms with van der Waals surface area (Å²) in [6, 6.07) is 10.1. The lowest BCUT2D eigenvalue weighted by Crippen LogP contribution is -2.42. The molecule has 0 radical (unpaired) electrons. The molecule has 2 aliphatic rings. The second-order valence-electron chi connectivity index (χ2n) is 9.54. The van der Waals surface area contributed by atoms with Crippen molar-refractivity contribution in [1.29, 1.82) is 0 Å². The Balaban J connectivity index is 1.34. The second kappa shape index (κ2) is 6.93. The van der Waals surface area contributed by atoms with Gasteiger partial charge in [-0.2, -0.15) is 5.10 Å². The predicted octanol–water partition coefficient (Wildman–Crippen LogP) is 5.56. The number of benzene rings is 1. The molecule has 2 atom stereocenters. The third kappa shape index (κ3) is 3.21. The van der Waals surface area contributed by atoms with Gasteiger partial charge in [-0.05, 0) is 60.4 Å². The molecule has 7 nitrogen and oxygen atoms in total. The van der Waals surface area contributed by atoms with Crippen molar-refractivity contribution in [3.05, 3.63) is 53.4 Å². The van der Waals surface area contributed by atoms with E-state index in [4.69, 9.17) is 9.41 Å². The molecular weight excluding hydrogens is 422 g/mol. The first-order valence-electron chi connectivity index (χ1n) is 10.7. The summed E-state index contributed by atoms with van der Waals surface area (Å²) < 4.78 is 6.28. The minimum Gasteiger partial charge on any atom is -0.454 e. The van der Waals surface area contributed by atoms with Crippen LogP contribution in [0, 0.1) is 18.3 Å². The van der Waals surface area contributed by atoms with Crippen molar-refractivity contribution < 1.29 is 9.21 Å². The van der Waals surface area contributed by atoms with Gasteiger partial charge in [0.15, 0.2) is 16.1 Å². The molecule has 0 saturated heterocycles. The summed E-state index contributed by atoms with van der Waals surface area (Å²) in [5, 5.41) is 8.69. The SMILES string of the molecule is Cc1ccc2nc(Sc3ccc(C4c5cn[nH]c5N=C5CC(C)(C)CC(=O)C54)o3)[nH]c2c1. The molecule has 162 valence electrons. The van der Waals surface area contributed by atoms with E-state index < -0.39 is 0 Å². The maximum Gasteiger partial charge on any atom is 0.174 e. The number of nitrogens with zero attached hydrogens (tertiary/aromatic N) is 3. The van der Waals surface area contributed by atoms with E-state index in [0.717, 1.165) is 50.6 Å². The van der Waals surface area contributed by atoms with Crippen molar-refractivity contribution >= 4 is 40.1 Å². The van der Waals surface area contributed by atoms with Crippen LogP contribution >= 0.6 is 11.8 Å². The number of hydrogen-bond acceptors (Lipinski definition) is 6. The van der Waals surface area contributed by atoms with Gasteiger partial charge in [-0.1, -0.05) is 19.9 Å². The number of imidazole rings is 1. The Morgan fingerprint density at radius 2 is 2.03 bits per heavy atom. The number of nitrogens with one attached hydrogen (secondary N) is 2. The molecular formula is C24H23N5O2S. The van der Waals surface area contributed by atoms with E-state index in [0.29, 0.717) is 6.42 Å². The Hall–Kier alpha value is -3.13. The van der Waals surface area contributed by atoms with E-state index in [9.17, 15) is 4.79 Å². The molecule has 8 heteroatoms.